The highest BCUT2D eigenvalue weighted by Gasteiger charge is 2.14. The van der Waals surface area contributed by atoms with Crippen molar-refractivity contribution in [1.29, 1.82) is 0 Å². The maximum Gasteiger partial charge on any atom is 0.0602 e. The Hall–Kier alpha value is -1.87. The maximum absolute atomic E-state index is 4.41. The summed E-state index contributed by atoms with van der Waals surface area (Å²) in [7, 11) is 0. The molecule has 1 aliphatic rings. The number of nitrogens with zero attached hydrogens (tertiary/aromatic N) is 2. The predicted octanol–water partition coefficient (Wildman–Crippen LogP) is 2.19. The molecule has 3 rings (SSSR count). The molecule has 0 fully saturated rings. The van der Waals surface area contributed by atoms with E-state index in [9.17, 15) is 0 Å². The van der Waals surface area contributed by atoms with Crippen molar-refractivity contribution in [2.24, 2.45) is 0 Å². The minimum Gasteiger partial charge on any atom is -0.364 e. The second kappa shape index (κ2) is 5.19. The number of hydrogen-bond donors (Lipinski definition) is 1. The summed E-state index contributed by atoms with van der Waals surface area (Å²) in [5.74, 6) is 0. The Labute approximate surface area is 107 Å². The highest BCUT2D eigenvalue weighted by Crippen LogP contribution is 2.23. The van der Waals surface area contributed by atoms with Crippen LogP contribution in [0, 0.1) is 0 Å². The monoisotopic (exact) mass is 239 g/mol. The van der Waals surface area contributed by atoms with Crippen molar-refractivity contribution in [3.05, 3.63) is 59.9 Å². The maximum atomic E-state index is 4.41. The van der Waals surface area contributed by atoms with Gasteiger partial charge in [0.25, 0.3) is 0 Å². The number of benzene rings is 1. The summed E-state index contributed by atoms with van der Waals surface area (Å²) in [6.45, 7) is 3.86. The van der Waals surface area contributed by atoms with Crippen LogP contribution in [0.5, 0.6) is 0 Å². The lowest BCUT2D eigenvalue weighted by molar-refractivity contribution is 0.685. The molecule has 92 valence electrons. The van der Waals surface area contributed by atoms with E-state index in [1.165, 1.54) is 11.3 Å². The lowest BCUT2D eigenvalue weighted by atomic mass is 10.1. The van der Waals surface area contributed by atoms with Crippen LogP contribution in [0.1, 0.15) is 11.3 Å². The summed E-state index contributed by atoms with van der Waals surface area (Å²) in [6, 6.07) is 14.7. The fraction of sp³-hybridized carbons (Fsp3) is 0.267. The van der Waals surface area contributed by atoms with E-state index in [4.69, 9.17) is 0 Å². The van der Waals surface area contributed by atoms with Crippen molar-refractivity contribution in [3.8, 4) is 0 Å². The smallest absolute Gasteiger partial charge is 0.0602 e. The Morgan fingerprint density at radius 2 is 2.00 bits per heavy atom. The number of para-hydroxylation sites is 1. The summed E-state index contributed by atoms with van der Waals surface area (Å²) in [5, 5.41) is 3.46. The average Bonchev–Trinajstić information content (AvgIpc) is 2.63. The SMILES string of the molecule is c1ccc(CN2CCNCc3ccccc32)nc1. The van der Waals surface area contributed by atoms with Gasteiger partial charge in [0.1, 0.15) is 0 Å². The van der Waals surface area contributed by atoms with Gasteiger partial charge in [-0.1, -0.05) is 24.3 Å². The average molecular weight is 239 g/mol. The fourth-order valence-electron chi connectivity index (χ4n) is 2.38. The molecule has 18 heavy (non-hydrogen) atoms. The second-order valence-electron chi connectivity index (χ2n) is 4.55. The van der Waals surface area contributed by atoms with Gasteiger partial charge in [-0.15, -0.1) is 0 Å². The summed E-state index contributed by atoms with van der Waals surface area (Å²) in [6.07, 6.45) is 1.86. The molecule has 2 heterocycles. The summed E-state index contributed by atoms with van der Waals surface area (Å²) in [4.78, 5) is 6.81. The Balaban J connectivity index is 1.88. The predicted molar refractivity (Wildman–Crippen MR) is 73.4 cm³/mol. The molecule has 3 nitrogen and oxygen atoms in total. The Kier molecular flexibility index (Phi) is 3.24. The van der Waals surface area contributed by atoms with E-state index in [1.807, 2.05) is 18.3 Å². The third-order valence-corrected chi connectivity index (χ3v) is 3.29. The largest absolute Gasteiger partial charge is 0.364 e. The van der Waals surface area contributed by atoms with Gasteiger partial charge in [0.15, 0.2) is 0 Å². The van der Waals surface area contributed by atoms with Crippen LogP contribution >= 0.6 is 0 Å². The van der Waals surface area contributed by atoms with Crippen LogP contribution < -0.4 is 10.2 Å². The molecule has 3 heteroatoms. The van der Waals surface area contributed by atoms with Crippen LogP contribution in [-0.2, 0) is 13.1 Å². The van der Waals surface area contributed by atoms with Crippen LogP contribution in [0.15, 0.2) is 48.7 Å². The van der Waals surface area contributed by atoms with Crippen molar-refractivity contribution in [1.82, 2.24) is 10.3 Å². The lowest BCUT2D eigenvalue weighted by Gasteiger charge is -2.24. The molecule has 0 atom stereocenters. The molecular weight excluding hydrogens is 222 g/mol. The molecule has 0 saturated heterocycles. The zero-order chi connectivity index (χ0) is 12.2. The summed E-state index contributed by atoms with van der Waals surface area (Å²) < 4.78 is 0. The summed E-state index contributed by atoms with van der Waals surface area (Å²) >= 11 is 0. The van der Waals surface area contributed by atoms with E-state index < -0.39 is 0 Å². The van der Waals surface area contributed by atoms with E-state index in [0.717, 1.165) is 31.9 Å². The Bertz CT molecular complexity index is 510. The number of pyridine rings is 1. The van der Waals surface area contributed by atoms with Gasteiger partial charge in [0, 0.05) is 31.5 Å². The third-order valence-electron chi connectivity index (χ3n) is 3.29. The first-order valence-electron chi connectivity index (χ1n) is 6.37. The van der Waals surface area contributed by atoms with Crippen LogP contribution in [0.2, 0.25) is 0 Å². The van der Waals surface area contributed by atoms with Gasteiger partial charge >= 0.3 is 0 Å². The molecule has 0 aliphatic carbocycles. The number of fused-ring (bicyclic) bond motifs is 1. The molecule has 1 N–H and O–H groups in total. The van der Waals surface area contributed by atoms with E-state index in [-0.39, 0.29) is 0 Å². The molecule has 0 spiro atoms. The molecular formula is C15H17N3. The minimum absolute atomic E-state index is 0.875. The number of aromatic nitrogens is 1. The third kappa shape index (κ3) is 2.36. The van der Waals surface area contributed by atoms with E-state index >= 15 is 0 Å². The highest BCUT2D eigenvalue weighted by molar-refractivity contribution is 5.54. The van der Waals surface area contributed by atoms with Gasteiger partial charge in [-0.05, 0) is 23.8 Å². The van der Waals surface area contributed by atoms with Crippen molar-refractivity contribution >= 4 is 5.69 Å². The van der Waals surface area contributed by atoms with E-state index in [2.05, 4.69) is 45.5 Å². The molecule has 0 unspecified atom stereocenters. The standard InChI is InChI=1S/C15H17N3/c1-2-7-15-13(5-1)11-16-9-10-18(15)12-14-6-3-4-8-17-14/h1-8,16H,9-12H2. The highest BCUT2D eigenvalue weighted by atomic mass is 15.2. The van der Waals surface area contributed by atoms with Crippen LogP contribution in [-0.4, -0.2) is 18.1 Å². The van der Waals surface area contributed by atoms with Crippen LogP contribution in [0.4, 0.5) is 5.69 Å². The van der Waals surface area contributed by atoms with Crippen LogP contribution in [0.25, 0.3) is 0 Å². The first-order valence-corrected chi connectivity index (χ1v) is 6.37. The van der Waals surface area contributed by atoms with Gasteiger partial charge in [0.2, 0.25) is 0 Å². The molecule has 1 aliphatic heterocycles. The van der Waals surface area contributed by atoms with Gasteiger partial charge in [-0.3, -0.25) is 4.98 Å². The fourth-order valence-corrected chi connectivity index (χ4v) is 2.38. The Morgan fingerprint density at radius 1 is 1.11 bits per heavy atom. The normalized spacial score (nSPS) is 15.0. The second-order valence-corrected chi connectivity index (χ2v) is 4.55. The zero-order valence-corrected chi connectivity index (χ0v) is 10.3. The summed E-state index contributed by atoms with van der Waals surface area (Å²) in [5.41, 5.74) is 3.81. The van der Waals surface area contributed by atoms with Gasteiger partial charge in [-0.25, -0.2) is 0 Å². The first-order chi connectivity index (χ1) is 8.93. The molecule has 0 bridgehead atoms. The number of anilines is 1. The van der Waals surface area contributed by atoms with Crippen molar-refractivity contribution in [2.45, 2.75) is 13.1 Å². The van der Waals surface area contributed by atoms with Gasteiger partial charge in [-0.2, -0.15) is 0 Å². The minimum atomic E-state index is 0.875. The zero-order valence-electron chi connectivity index (χ0n) is 10.3. The van der Waals surface area contributed by atoms with E-state index in [0.29, 0.717) is 0 Å². The van der Waals surface area contributed by atoms with Gasteiger partial charge < -0.3 is 10.2 Å². The molecule has 0 amide bonds. The first kappa shape index (κ1) is 11.2. The van der Waals surface area contributed by atoms with Gasteiger partial charge in [0.05, 0.1) is 12.2 Å². The number of rotatable bonds is 2. The van der Waals surface area contributed by atoms with E-state index in [1.54, 1.807) is 0 Å². The Morgan fingerprint density at radius 3 is 2.89 bits per heavy atom. The topological polar surface area (TPSA) is 28.2 Å². The van der Waals surface area contributed by atoms with Crippen LogP contribution in [0.3, 0.4) is 0 Å². The molecule has 0 saturated carbocycles. The molecule has 1 aromatic carbocycles. The van der Waals surface area contributed by atoms with Crippen molar-refractivity contribution < 1.29 is 0 Å². The molecule has 1 aromatic heterocycles. The lowest BCUT2D eigenvalue weighted by Crippen LogP contribution is -2.28. The molecule has 2 aromatic rings. The number of nitrogens with one attached hydrogen (secondary N) is 1. The number of hydrogen-bond acceptors (Lipinski definition) is 3. The van der Waals surface area contributed by atoms with Crippen molar-refractivity contribution in [2.75, 3.05) is 18.0 Å². The quantitative estimate of drug-likeness (QED) is 0.870. The van der Waals surface area contributed by atoms with Crippen molar-refractivity contribution in [3.63, 3.8) is 0 Å². The molecule has 0 radical (unpaired) electrons.